The molecule has 0 aliphatic heterocycles. The van der Waals surface area contributed by atoms with Crippen molar-refractivity contribution in [3.63, 3.8) is 0 Å². The maximum Gasteiger partial charge on any atom is 0.191 e. The SMILES string of the molecule is CCNC(=NCCOCC)NC(C)c1ccc(OCC(C)C)cc1.I. The lowest BCUT2D eigenvalue weighted by atomic mass is 10.1. The van der Waals surface area contributed by atoms with Crippen LogP contribution in [0.5, 0.6) is 5.75 Å². The number of nitrogens with one attached hydrogen (secondary N) is 2. The molecule has 0 fully saturated rings. The molecule has 0 aromatic heterocycles. The predicted molar refractivity (Wildman–Crippen MR) is 116 cm³/mol. The average molecular weight is 463 g/mol. The van der Waals surface area contributed by atoms with Crippen LogP contribution in [0.4, 0.5) is 0 Å². The fourth-order valence-electron chi connectivity index (χ4n) is 2.09. The number of hydrogen-bond acceptors (Lipinski definition) is 3. The summed E-state index contributed by atoms with van der Waals surface area (Å²) in [5, 5.41) is 6.69. The van der Waals surface area contributed by atoms with E-state index in [1.54, 1.807) is 0 Å². The van der Waals surface area contributed by atoms with Crippen LogP contribution >= 0.6 is 24.0 Å². The van der Waals surface area contributed by atoms with Gasteiger partial charge in [-0.2, -0.15) is 0 Å². The third-order valence-corrected chi connectivity index (χ3v) is 3.37. The fourth-order valence-corrected chi connectivity index (χ4v) is 2.09. The Labute approximate surface area is 170 Å². The van der Waals surface area contributed by atoms with E-state index in [4.69, 9.17) is 9.47 Å². The fraction of sp³-hybridized carbons (Fsp3) is 0.632. The first-order valence-electron chi connectivity index (χ1n) is 8.92. The highest BCUT2D eigenvalue weighted by Gasteiger charge is 2.08. The van der Waals surface area contributed by atoms with Crippen molar-refractivity contribution in [3.8, 4) is 5.75 Å². The van der Waals surface area contributed by atoms with Gasteiger partial charge in [-0.05, 0) is 44.4 Å². The highest BCUT2D eigenvalue weighted by atomic mass is 127. The normalized spacial score (nSPS) is 12.5. The molecule has 1 unspecified atom stereocenters. The van der Waals surface area contributed by atoms with Crippen LogP contribution in [0, 0.1) is 5.92 Å². The molecule has 0 saturated carbocycles. The van der Waals surface area contributed by atoms with E-state index in [0.717, 1.165) is 31.5 Å². The van der Waals surface area contributed by atoms with Gasteiger partial charge in [-0.1, -0.05) is 26.0 Å². The molecule has 1 atom stereocenters. The molecule has 0 radical (unpaired) electrons. The Balaban J connectivity index is 0.00000576. The second kappa shape index (κ2) is 14.2. The number of hydrogen-bond donors (Lipinski definition) is 2. The largest absolute Gasteiger partial charge is 0.493 e. The number of rotatable bonds is 10. The van der Waals surface area contributed by atoms with Crippen molar-refractivity contribution in [2.24, 2.45) is 10.9 Å². The van der Waals surface area contributed by atoms with E-state index in [1.165, 1.54) is 5.56 Å². The zero-order valence-corrected chi connectivity index (χ0v) is 18.5. The molecule has 1 aromatic rings. The maximum atomic E-state index is 5.73. The van der Waals surface area contributed by atoms with E-state index in [1.807, 2.05) is 19.1 Å². The van der Waals surface area contributed by atoms with E-state index in [0.29, 0.717) is 19.1 Å². The minimum absolute atomic E-state index is 0. The van der Waals surface area contributed by atoms with Gasteiger partial charge in [0.2, 0.25) is 0 Å². The summed E-state index contributed by atoms with van der Waals surface area (Å²) in [5.41, 5.74) is 1.20. The van der Waals surface area contributed by atoms with Crippen molar-refractivity contribution in [2.45, 2.75) is 40.7 Å². The van der Waals surface area contributed by atoms with Gasteiger partial charge in [-0.15, -0.1) is 24.0 Å². The monoisotopic (exact) mass is 463 g/mol. The van der Waals surface area contributed by atoms with Gasteiger partial charge < -0.3 is 20.1 Å². The van der Waals surface area contributed by atoms with E-state index < -0.39 is 0 Å². The molecule has 2 N–H and O–H groups in total. The Hall–Kier alpha value is -1.02. The molecule has 0 spiro atoms. The summed E-state index contributed by atoms with van der Waals surface area (Å²) in [4.78, 5) is 4.53. The first kappa shape index (κ1) is 24.0. The molecule has 1 rings (SSSR count). The highest BCUT2D eigenvalue weighted by Crippen LogP contribution is 2.18. The van der Waals surface area contributed by atoms with Crippen molar-refractivity contribution >= 4 is 29.9 Å². The van der Waals surface area contributed by atoms with Gasteiger partial charge in [-0.25, -0.2) is 0 Å². The molecular formula is C19H34IN3O2. The Kier molecular flexibility index (Phi) is 13.6. The Morgan fingerprint density at radius 3 is 2.36 bits per heavy atom. The highest BCUT2D eigenvalue weighted by molar-refractivity contribution is 14.0. The summed E-state index contributed by atoms with van der Waals surface area (Å²) in [7, 11) is 0. The van der Waals surface area contributed by atoms with Gasteiger partial charge in [0.25, 0.3) is 0 Å². The molecule has 0 heterocycles. The Bertz CT molecular complexity index is 478. The quantitative estimate of drug-likeness (QED) is 0.239. The van der Waals surface area contributed by atoms with Gasteiger partial charge in [0.15, 0.2) is 5.96 Å². The molecule has 0 bridgehead atoms. The van der Waals surface area contributed by atoms with Crippen LogP contribution in [0.15, 0.2) is 29.3 Å². The van der Waals surface area contributed by atoms with Crippen LogP contribution in [0.25, 0.3) is 0 Å². The maximum absolute atomic E-state index is 5.73. The lowest BCUT2D eigenvalue weighted by molar-refractivity contribution is 0.155. The summed E-state index contributed by atoms with van der Waals surface area (Å²) in [6.45, 7) is 14.1. The van der Waals surface area contributed by atoms with Gasteiger partial charge in [-0.3, -0.25) is 4.99 Å². The van der Waals surface area contributed by atoms with Crippen molar-refractivity contribution in [3.05, 3.63) is 29.8 Å². The second-order valence-electron chi connectivity index (χ2n) is 6.10. The number of aliphatic imine (C=N–C) groups is 1. The van der Waals surface area contributed by atoms with E-state index in [2.05, 4.69) is 55.5 Å². The molecule has 0 aliphatic carbocycles. The molecule has 144 valence electrons. The van der Waals surface area contributed by atoms with E-state index in [9.17, 15) is 0 Å². The average Bonchev–Trinajstić information content (AvgIpc) is 2.57. The molecule has 1 aromatic carbocycles. The summed E-state index contributed by atoms with van der Waals surface area (Å²) in [5.74, 6) is 2.25. The zero-order valence-electron chi connectivity index (χ0n) is 16.2. The summed E-state index contributed by atoms with van der Waals surface area (Å²) in [6.07, 6.45) is 0. The minimum atomic E-state index is 0. The second-order valence-corrected chi connectivity index (χ2v) is 6.10. The first-order valence-corrected chi connectivity index (χ1v) is 8.92. The predicted octanol–water partition coefficient (Wildman–Crippen LogP) is 3.99. The van der Waals surface area contributed by atoms with E-state index in [-0.39, 0.29) is 30.0 Å². The van der Waals surface area contributed by atoms with Gasteiger partial charge >= 0.3 is 0 Å². The lowest BCUT2D eigenvalue weighted by Crippen LogP contribution is -2.39. The lowest BCUT2D eigenvalue weighted by Gasteiger charge is -2.18. The van der Waals surface area contributed by atoms with Gasteiger partial charge in [0, 0.05) is 13.2 Å². The van der Waals surface area contributed by atoms with Crippen LogP contribution in [0.1, 0.15) is 46.2 Å². The molecule has 0 aliphatic rings. The molecular weight excluding hydrogens is 429 g/mol. The van der Waals surface area contributed by atoms with Crippen molar-refractivity contribution in [1.29, 1.82) is 0 Å². The summed E-state index contributed by atoms with van der Waals surface area (Å²) >= 11 is 0. The number of benzene rings is 1. The Morgan fingerprint density at radius 2 is 1.80 bits per heavy atom. The zero-order chi connectivity index (χ0) is 17.8. The summed E-state index contributed by atoms with van der Waals surface area (Å²) < 4.78 is 11.1. The third kappa shape index (κ3) is 10.5. The van der Waals surface area contributed by atoms with Crippen molar-refractivity contribution < 1.29 is 9.47 Å². The van der Waals surface area contributed by atoms with Crippen LogP contribution < -0.4 is 15.4 Å². The van der Waals surface area contributed by atoms with Gasteiger partial charge in [0.1, 0.15) is 5.75 Å². The molecule has 0 amide bonds. The van der Waals surface area contributed by atoms with Crippen molar-refractivity contribution in [2.75, 3.05) is 32.9 Å². The smallest absolute Gasteiger partial charge is 0.191 e. The molecule has 25 heavy (non-hydrogen) atoms. The number of halogens is 1. The Morgan fingerprint density at radius 1 is 1.12 bits per heavy atom. The standard InChI is InChI=1S/C19H33N3O2.HI/c1-6-20-19(21-12-13-23-7-2)22-16(5)17-8-10-18(11-9-17)24-14-15(3)4;/h8-11,15-16H,6-7,12-14H2,1-5H3,(H2,20,21,22);1H. The molecule has 0 saturated heterocycles. The number of guanidine groups is 1. The first-order chi connectivity index (χ1) is 11.6. The van der Waals surface area contributed by atoms with E-state index >= 15 is 0 Å². The molecule has 6 heteroatoms. The van der Waals surface area contributed by atoms with Crippen LogP contribution in [0.2, 0.25) is 0 Å². The third-order valence-electron chi connectivity index (χ3n) is 3.37. The van der Waals surface area contributed by atoms with Crippen molar-refractivity contribution in [1.82, 2.24) is 10.6 Å². The summed E-state index contributed by atoms with van der Waals surface area (Å²) in [6, 6.07) is 8.40. The van der Waals surface area contributed by atoms with Crippen LogP contribution in [0.3, 0.4) is 0 Å². The topological polar surface area (TPSA) is 54.9 Å². The van der Waals surface area contributed by atoms with Crippen LogP contribution in [-0.2, 0) is 4.74 Å². The minimum Gasteiger partial charge on any atom is -0.493 e. The number of nitrogens with zero attached hydrogens (tertiary/aromatic N) is 1. The number of ether oxygens (including phenoxy) is 2. The molecule has 5 nitrogen and oxygen atoms in total. The van der Waals surface area contributed by atoms with Gasteiger partial charge in [0.05, 0.1) is 25.8 Å². The van der Waals surface area contributed by atoms with Crippen LogP contribution in [-0.4, -0.2) is 38.9 Å².